The van der Waals surface area contributed by atoms with Gasteiger partial charge in [0.05, 0.1) is 17.2 Å². The van der Waals surface area contributed by atoms with Crippen LogP contribution in [-0.4, -0.2) is 28.6 Å². The summed E-state index contributed by atoms with van der Waals surface area (Å²) in [4.78, 5) is 35.1. The van der Waals surface area contributed by atoms with Gasteiger partial charge < -0.3 is 10.4 Å². The Hall–Kier alpha value is -3.23. The van der Waals surface area contributed by atoms with Crippen molar-refractivity contribution in [2.75, 3.05) is 5.32 Å². The molecule has 0 saturated carbocycles. The largest absolute Gasteiger partial charge is 0.481 e. The summed E-state index contributed by atoms with van der Waals surface area (Å²) >= 11 is 7.62. The number of aliphatic carboxylic acids is 1. The molecule has 9 heteroatoms. The van der Waals surface area contributed by atoms with Gasteiger partial charge in [-0.25, -0.2) is 5.43 Å². The minimum absolute atomic E-state index is 0.0934. The van der Waals surface area contributed by atoms with Gasteiger partial charge in [-0.15, -0.1) is 11.3 Å². The molecule has 1 heterocycles. The molecule has 0 aliphatic carbocycles. The molecule has 0 aliphatic heterocycles. The number of halogens is 1. The third kappa shape index (κ3) is 5.22. The third-order valence-electron chi connectivity index (χ3n) is 4.22. The van der Waals surface area contributed by atoms with Crippen LogP contribution in [-0.2, 0) is 9.59 Å². The molecule has 0 radical (unpaired) electrons. The first kappa shape index (κ1) is 21.5. The van der Waals surface area contributed by atoms with E-state index >= 15 is 0 Å². The van der Waals surface area contributed by atoms with Crippen LogP contribution in [0.3, 0.4) is 0 Å². The van der Waals surface area contributed by atoms with Gasteiger partial charge in [-0.1, -0.05) is 41.9 Å². The van der Waals surface area contributed by atoms with Crippen LogP contribution in [0.2, 0.25) is 5.02 Å². The summed E-state index contributed by atoms with van der Waals surface area (Å²) in [5.74, 6) is -1.78. The van der Waals surface area contributed by atoms with Crippen LogP contribution in [0.1, 0.15) is 35.0 Å². The Bertz CT molecular complexity index is 1140. The van der Waals surface area contributed by atoms with Gasteiger partial charge in [0.25, 0.3) is 5.91 Å². The highest BCUT2D eigenvalue weighted by Gasteiger charge is 2.16. The van der Waals surface area contributed by atoms with Crippen molar-refractivity contribution in [3.63, 3.8) is 0 Å². The summed E-state index contributed by atoms with van der Waals surface area (Å²) in [6, 6.07) is 14.4. The highest BCUT2D eigenvalue weighted by Crippen LogP contribution is 2.34. The summed E-state index contributed by atoms with van der Waals surface area (Å²) in [6.45, 7) is 1.74. The van der Waals surface area contributed by atoms with Crippen LogP contribution in [0, 0.1) is 0 Å². The lowest BCUT2D eigenvalue weighted by atomic mass is 10.1. The maximum absolute atomic E-state index is 12.5. The number of hydrazone groups is 1. The van der Waals surface area contributed by atoms with Gasteiger partial charge in [-0.3, -0.25) is 14.4 Å². The van der Waals surface area contributed by atoms with Crippen LogP contribution in [0.25, 0.3) is 10.1 Å². The first-order valence-electron chi connectivity index (χ1n) is 8.99. The molecule has 0 unspecified atom stereocenters. The van der Waals surface area contributed by atoms with Crippen molar-refractivity contribution in [1.82, 2.24) is 5.43 Å². The van der Waals surface area contributed by atoms with Gasteiger partial charge in [0.1, 0.15) is 4.88 Å². The molecule has 3 aromatic rings. The molecule has 0 aliphatic rings. The lowest BCUT2D eigenvalue weighted by Gasteiger charge is -2.06. The Balaban J connectivity index is 1.63. The van der Waals surface area contributed by atoms with Gasteiger partial charge in [0.15, 0.2) is 0 Å². The molecule has 3 rings (SSSR count). The lowest BCUT2D eigenvalue weighted by molar-refractivity contribution is -0.138. The fourth-order valence-corrected chi connectivity index (χ4v) is 4.06. The van der Waals surface area contributed by atoms with Crippen molar-refractivity contribution in [3.8, 4) is 0 Å². The van der Waals surface area contributed by atoms with Gasteiger partial charge >= 0.3 is 5.97 Å². The lowest BCUT2D eigenvalue weighted by Crippen LogP contribution is -2.18. The van der Waals surface area contributed by atoms with Gasteiger partial charge in [0, 0.05) is 22.2 Å². The summed E-state index contributed by atoms with van der Waals surface area (Å²) in [5, 5.41) is 16.6. The number of carbonyl (C=O) groups excluding carboxylic acids is 2. The Morgan fingerprint density at radius 1 is 1.07 bits per heavy atom. The van der Waals surface area contributed by atoms with E-state index in [1.165, 1.54) is 11.3 Å². The standard InChI is InChI=1S/C21H18ClN3O4S/c1-12(13-6-8-14(9-7-13)23-17(26)10-11-18(27)28)24-25-21(29)20-19(22)15-4-2-3-5-16(15)30-20/h2-9H,10-11H2,1H3,(H,23,26)(H,25,29)(H,27,28)/b24-12-. The molecule has 2 aromatic carbocycles. The van der Waals surface area contributed by atoms with E-state index in [4.69, 9.17) is 16.7 Å². The van der Waals surface area contributed by atoms with Crippen molar-refractivity contribution in [3.05, 3.63) is 64.0 Å². The molecule has 7 nitrogen and oxygen atoms in total. The molecule has 0 atom stereocenters. The van der Waals surface area contributed by atoms with Crippen LogP contribution in [0.5, 0.6) is 0 Å². The molecule has 30 heavy (non-hydrogen) atoms. The topological polar surface area (TPSA) is 108 Å². The first-order chi connectivity index (χ1) is 14.3. The van der Waals surface area contributed by atoms with E-state index in [-0.39, 0.29) is 24.7 Å². The Kier molecular flexibility index (Phi) is 6.81. The molecule has 1 aromatic heterocycles. The molecule has 2 amide bonds. The molecule has 0 spiro atoms. The minimum Gasteiger partial charge on any atom is -0.481 e. The average Bonchev–Trinajstić information content (AvgIpc) is 3.08. The van der Waals surface area contributed by atoms with Gasteiger partial charge in [-0.05, 0) is 30.7 Å². The number of carbonyl (C=O) groups is 3. The highest BCUT2D eigenvalue weighted by molar-refractivity contribution is 7.21. The van der Waals surface area contributed by atoms with E-state index in [9.17, 15) is 14.4 Å². The second-order valence-electron chi connectivity index (χ2n) is 6.40. The number of fused-ring (bicyclic) bond motifs is 1. The van der Waals surface area contributed by atoms with E-state index < -0.39 is 5.97 Å². The van der Waals surface area contributed by atoms with Crippen molar-refractivity contribution in [2.24, 2.45) is 5.10 Å². The molecular weight excluding hydrogens is 426 g/mol. The molecule has 3 N–H and O–H groups in total. The van der Waals surface area contributed by atoms with Crippen molar-refractivity contribution in [2.45, 2.75) is 19.8 Å². The van der Waals surface area contributed by atoms with Gasteiger partial charge in [-0.2, -0.15) is 5.10 Å². The normalized spacial score (nSPS) is 11.3. The Morgan fingerprint density at radius 2 is 1.77 bits per heavy atom. The Labute approximate surface area is 181 Å². The zero-order valence-corrected chi connectivity index (χ0v) is 17.5. The van der Waals surface area contributed by atoms with Crippen molar-refractivity contribution in [1.29, 1.82) is 0 Å². The number of hydrogen-bond acceptors (Lipinski definition) is 5. The predicted molar refractivity (Wildman–Crippen MR) is 118 cm³/mol. The highest BCUT2D eigenvalue weighted by atomic mass is 35.5. The number of anilines is 1. The van der Waals surface area contributed by atoms with Gasteiger partial charge in [0.2, 0.25) is 5.91 Å². The molecule has 0 fully saturated rings. The van der Waals surface area contributed by atoms with Crippen LogP contribution in [0.15, 0.2) is 53.6 Å². The molecule has 0 bridgehead atoms. The number of amides is 2. The monoisotopic (exact) mass is 443 g/mol. The number of nitrogens with one attached hydrogen (secondary N) is 2. The Morgan fingerprint density at radius 3 is 2.43 bits per heavy atom. The first-order valence-corrected chi connectivity index (χ1v) is 10.2. The van der Waals surface area contributed by atoms with Crippen molar-refractivity contribution >= 4 is 62.2 Å². The van der Waals surface area contributed by atoms with E-state index in [2.05, 4.69) is 15.8 Å². The summed E-state index contributed by atoms with van der Waals surface area (Å²) in [6.07, 6.45) is -0.316. The molecule has 0 saturated heterocycles. The molecular formula is C21H18ClN3O4S. The maximum Gasteiger partial charge on any atom is 0.303 e. The van der Waals surface area contributed by atoms with Crippen molar-refractivity contribution < 1.29 is 19.5 Å². The maximum atomic E-state index is 12.5. The number of thiophene rings is 1. The van der Waals surface area contributed by atoms with Crippen LogP contribution in [0.4, 0.5) is 5.69 Å². The predicted octanol–water partition coefficient (Wildman–Crippen LogP) is 4.51. The fraction of sp³-hybridized carbons (Fsp3) is 0.143. The van der Waals surface area contributed by atoms with E-state index in [1.807, 2.05) is 24.3 Å². The summed E-state index contributed by atoms with van der Waals surface area (Å²) in [5.41, 5.74) is 4.39. The fourth-order valence-electron chi connectivity index (χ4n) is 2.65. The quantitative estimate of drug-likeness (QED) is 0.368. The average molecular weight is 444 g/mol. The SMILES string of the molecule is C/C(=N/NC(=O)c1sc2ccccc2c1Cl)c1ccc(NC(=O)CCC(=O)O)cc1. The van der Waals surface area contributed by atoms with Crippen LogP contribution >= 0.6 is 22.9 Å². The van der Waals surface area contributed by atoms with E-state index in [0.29, 0.717) is 21.3 Å². The zero-order valence-electron chi connectivity index (χ0n) is 15.9. The number of carboxylic acid groups (broad SMARTS) is 1. The zero-order chi connectivity index (χ0) is 21.7. The number of nitrogens with zero attached hydrogens (tertiary/aromatic N) is 1. The minimum atomic E-state index is -1.02. The second kappa shape index (κ2) is 9.51. The van der Waals surface area contributed by atoms with Crippen LogP contribution < -0.4 is 10.7 Å². The second-order valence-corrected chi connectivity index (χ2v) is 7.83. The smallest absolute Gasteiger partial charge is 0.303 e. The summed E-state index contributed by atoms with van der Waals surface area (Å²) < 4.78 is 0.925. The van der Waals surface area contributed by atoms with E-state index in [1.54, 1.807) is 31.2 Å². The number of carboxylic acids is 1. The summed E-state index contributed by atoms with van der Waals surface area (Å²) in [7, 11) is 0. The number of rotatable bonds is 7. The number of hydrogen-bond donors (Lipinski definition) is 3. The van der Waals surface area contributed by atoms with E-state index in [0.717, 1.165) is 15.6 Å². The third-order valence-corrected chi connectivity index (χ3v) is 5.89. The molecule has 154 valence electrons. The number of benzene rings is 2.